The average molecular weight is 331 g/mol. The molecule has 2 rings (SSSR count). The van der Waals surface area contributed by atoms with Crippen molar-refractivity contribution in [3.8, 4) is 0 Å². The van der Waals surface area contributed by atoms with Crippen molar-refractivity contribution in [1.82, 2.24) is 5.32 Å². The van der Waals surface area contributed by atoms with Crippen molar-refractivity contribution in [2.75, 3.05) is 6.54 Å². The summed E-state index contributed by atoms with van der Waals surface area (Å²) in [5.74, 6) is -1.07. The molecule has 4 nitrogen and oxygen atoms in total. The molecule has 2 N–H and O–H groups in total. The number of thiophene rings is 1. The molecular formula is C18H21NO3S. The summed E-state index contributed by atoms with van der Waals surface area (Å²) in [6.07, 6.45) is 0.692. The van der Waals surface area contributed by atoms with Crippen LogP contribution < -0.4 is 5.32 Å². The number of carboxylic acid groups (broad SMARTS) is 1. The van der Waals surface area contributed by atoms with Crippen molar-refractivity contribution < 1.29 is 14.7 Å². The van der Waals surface area contributed by atoms with Crippen LogP contribution in [0.25, 0.3) is 0 Å². The van der Waals surface area contributed by atoms with Gasteiger partial charge in [0.2, 0.25) is 5.91 Å². The largest absolute Gasteiger partial charge is 0.481 e. The number of aliphatic carboxylic acids is 1. The second kappa shape index (κ2) is 7.42. The van der Waals surface area contributed by atoms with Gasteiger partial charge in [0.05, 0.1) is 6.42 Å². The Morgan fingerprint density at radius 1 is 1.17 bits per heavy atom. The van der Waals surface area contributed by atoms with Crippen LogP contribution >= 0.6 is 11.3 Å². The van der Waals surface area contributed by atoms with Gasteiger partial charge in [0, 0.05) is 16.3 Å². The first-order valence-electron chi connectivity index (χ1n) is 7.59. The molecule has 1 atom stereocenters. The Bertz CT molecular complexity index is 681. The number of aryl methyl sites for hydroxylation is 1. The summed E-state index contributed by atoms with van der Waals surface area (Å²) in [5, 5.41) is 12.5. The van der Waals surface area contributed by atoms with Crippen LogP contribution in [0.2, 0.25) is 0 Å². The van der Waals surface area contributed by atoms with Gasteiger partial charge < -0.3 is 10.4 Å². The van der Waals surface area contributed by atoms with Crippen LogP contribution in [0, 0.1) is 6.92 Å². The Kier molecular flexibility index (Phi) is 5.55. The third kappa shape index (κ3) is 3.99. The summed E-state index contributed by atoms with van der Waals surface area (Å²) in [6, 6.07) is 13.0. The van der Waals surface area contributed by atoms with E-state index >= 15 is 0 Å². The molecule has 0 saturated carbocycles. The van der Waals surface area contributed by atoms with E-state index in [-0.39, 0.29) is 18.9 Å². The van der Waals surface area contributed by atoms with Crippen molar-refractivity contribution in [3.05, 3.63) is 57.8 Å². The molecule has 0 aliphatic carbocycles. The van der Waals surface area contributed by atoms with E-state index < -0.39 is 11.4 Å². The first-order chi connectivity index (χ1) is 11.0. The van der Waals surface area contributed by atoms with Crippen LogP contribution in [0.15, 0.2) is 42.5 Å². The van der Waals surface area contributed by atoms with Gasteiger partial charge in [0.15, 0.2) is 0 Å². The maximum atomic E-state index is 12.1. The van der Waals surface area contributed by atoms with Gasteiger partial charge in [-0.15, -0.1) is 11.3 Å². The Hall–Kier alpha value is -2.14. The molecule has 1 amide bonds. The second-order valence-corrected chi connectivity index (χ2v) is 6.95. The molecule has 1 heterocycles. The van der Waals surface area contributed by atoms with E-state index in [1.165, 1.54) is 0 Å². The van der Waals surface area contributed by atoms with E-state index in [1.54, 1.807) is 23.5 Å². The summed E-state index contributed by atoms with van der Waals surface area (Å²) >= 11 is 1.58. The molecule has 0 fully saturated rings. The van der Waals surface area contributed by atoms with Gasteiger partial charge >= 0.3 is 5.97 Å². The highest BCUT2D eigenvalue weighted by Crippen LogP contribution is 2.28. The Labute approximate surface area is 140 Å². The summed E-state index contributed by atoms with van der Waals surface area (Å²) in [5.41, 5.74) is -0.385. The number of nitrogens with one attached hydrogen (secondary N) is 1. The first-order valence-corrected chi connectivity index (χ1v) is 8.40. The van der Waals surface area contributed by atoms with Crippen LogP contribution in [-0.2, 0) is 21.4 Å². The summed E-state index contributed by atoms with van der Waals surface area (Å²) < 4.78 is 0. The highest BCUT2D eigenvalue weighted by molar-refractivity contribution is 7.12. The SMILES string of the molecule is CCC(CNC(=O)Cc1ccc(C)s1)(C(=O)O)c1ccccc1. The lowest BCUT2D eigenvalue weighted by Crippen LogP contribution is -2.46. The quantitative estimate of drug-likeness (QED) is 0.819. The van der Waals surface area contributed by atoms with Crippen molar-refractivity contribution in [2.45, 2.75) is 32.1 Å². The second-order valence-electron chi connectivity index (χ2n) is 5.57. The van der Waals surface area contributed by atoms with Crippen molar-refractivity contribution >= 4 is 23.2 Å². The minimum Gasteiger partial charge on any atom is -0.481 e. The van der Waals surface area contributed by atoms with Crippen molar-refractivity contribution in [3.63, 3.8) is 0 Å². The molecule has 2 aromatic rings. The zero-order valence-corrected chi connectivity index (χ0v) is 14.2. The molecule has 1 aromatic carbocycles. The molecule has 0 aliphatic heterocycles. The molecule has 23 heavy (non-hydrogen) atoms. The van der Waals surface area contributed by atoms with Gasteiger partial charge in [0.25, 0.3) is 0 Å². The van der Waals surface area contributed by atoms with Crippen molar-refractivity contribution in [2.24, 2.45) is 0 Å². The lowest BCUT2D eigenvalue weighted by molar-refractivity contribution is -0.144. The summed E-state index contributed by atoms with van der Waals surface area (Å²) in [6.45, 7) is 3.91. The van der Waals surface area contributed by atoms with Gasteiger partial charge in [-0.3, -0.25) is 9.59 Å². The van der Waals surface area contributed by atoms with Crippen LogP contribution in [0.4, 0.5) is 0 Å². The van der Waals surface area contributed by atoms with Crippen LogP contribution in [0.1, 0.15) is 28.7 Å². The fourth-order valence-electron chi connectivity index (χ4n) is 2.59. The molecule has 0 spiro atoms. The molecule has 5 heteroatoms. The molecule has 1 unspecified atom stereocenters. The number of carbonyl (C=O) groups excluding carboxylic acids is 1. The Balaban J connectivity index is 2.10. The van der Waals surface area contributed by atoms with Gasteiger partial charge in [-0.05, 0) is 31.0 Å². The normalized spacial score (nSPS) is 13.3. The van der Waals surface area contributed by atoms with Crippen LogP contribution in [-0.4, -0.2) is 23.5 Å². The lowest BCUT2D eigenvalue weighted by Gasteiger charge is -2.29. The number of benzene rings is 1. The highest BCUT2D eigenvalue weighted by Gasteiger charge is 2.38. The lowest BCUT2D eigenvalue weighted by atomic mass is 9.78. The van der Waals surface area contributed by atoms with E-state index in [4.69, 9.17) is 0 Å². The molecule has 0 aliphatic rings. The Morgan fingerprint density at radius 3 is 2.39 bits per heavy atom. The van der Waals surface area contributed by atoms with Gasteiger partial charge in [-0.1, -0.05) is 37.3 Å². The van der Waals surface area contributed by atoms with Gasteiger partial charge in [-0.2, -0.15) is 0 Å². The van der Waals surface area contributed by atoms with E-state index in [0.717, 1.165) is 9.75 Å². The zero-order chi connectivity index (χ0) is 16.9. The van der Waals surface area contributed by atoms with E-state index in [9.17, 15) is 14.7 Å². The number of amides is 1. The molecule has 122 valence electrons. The van der Waals surface area contributed by atoms with Crippen molar-refractivity contribution in [1.29, 1.82) is 0 Å². The molecule has 0 radical (unpaired) electrons. The summed E-state index contributed by atoms with van der Waals surface area (Å²) in [4.78, 5) is 26.2. The minimum absolute atomic E-state index is 0.0893. The molecule has 0 bridgehead atoms. The Morgan fingerprint density at radius 2 is 1.87 bits per heavy atom. The van der Waals surface area contributed by atoms with Crippen LogP contribution in [0.3, 0.4) is 0 Å². The number of hydrogen-bond donors (Lipinski definition) is 2. The fourth-order valence-corrected chi connectivity index (χ4v) is 3.48. The van der Waals surface area contributed by atoms with Gasteiger partial charge in [0.1, 0.15) is 5.41 Å². The minimum atomic E-state index is -1.09. The summed E-state index contributed by atoms with van der Waals surface area (Å²) in [7, 11) is 0. The highest BCUT2D eigenvalue weighted by atomic mass is 32.1. The van der Waals surface area contributed by atoms with Gasteiger partial charge in [-0.25, -0.2) is 0 Å². The van der Waals surface area contributed by atoms with Crippen LogP contribution in [0.5, 0.6) is 0 Å². The maximum Gasteiger partial charge on any atom is 0.315 e. The fraction of sp³-hybridized carbons (Fsp3) is 0.333. The molecular weight excluding hydrogens is 310 g/mol. The number of hydrogen-bond acceptors (Lipinski definition) is 3. The topological polar surface area (TPSA) is 66.4 Å². The average Bonchev–Trinajstić information content (AvgIpc) is 2.94. The predicted molar refractivity (Wildman–Crippen MR) is 91.8 cm³/mol. The standard InChI is InChI=1S/C18H21NO3S/c1-3-18(17(21)22,14-7-5-4-6-8-14)12-19-16(20)11-15-10-9-13(2)23-15/h4-10H,3,11-12H2,1-2H3,(H,19,20)(H,21,22). The van der Waals surface area contributed by atoms with E-state index in [0.29, 0.717) is 12.0 Å². The van der Waals surface area contributed by atoms with E-state index in [2.05, 4.69) is 5.32 Å². The number of carboxylic acids is 1. The third-order valence-corrected chi connectivity index (χ3v) is 5.06. The predicted octanol–water partition coefficient (Wildman–Crippen LogP) is 3.15. The number of rotatable bonds is 7. The number of carbonyl (C=O) groups is 2. The zero-order valence-electron chi connectivity index (χ0n) is 13.3. The smallest absolute Gasteiger partial charge is 0.315 e. The van der Waals surface area contributed by atoms with E-state index in [1.807, 2.05) is 44.2 Å². The first kappa shape index (κ1) is 17.2. The molecule has 1 aromatic heterocycles. The monoisotopic (exact) mass is 331 g/mol. The maximum absolute atomic E-state index is 12.1. The molecule has 0 saturated heterocycles. The third-order valence-electron chi connectivity index (χ3n) is 4.06.